The van der Waals surface area contributed by atoms with E-state index in [-0.39, 0.29) is 0 Å². The Morgan fingerprint density at radius 1 is 1.32 bits per heavy atom. The molecule has 0 radical (unpaired) electrons. The standard InChI is InChI=1S/C20H36N6O2/c1-4-21-20(23-9-11-25(2)10-6-14-27-3)24-17-18-7-5-8-22-19(18)26-12-15-28-16-13-26/h5,7-8H,4,6,9-17H2,1-3H3,(H2,21,23,24). The maximum atomic E-state index is 5.46. The number of aliphatic imine (C=N–C) groups is 1. The Bertz CT molecular complexity index is 578. The second-order valence-electron chi connectivity index (χ2n) is 6.86. The fourth-order valence-corrected chi connectivity index (χ4v) is 3.08. The van der Waals surface area contributed by atoms with Crippen molar-refractivity contribution in [3.63, 3.8) is 0 Å². The van der Waals surface area contributed by atoms with Crippen molar-refractivity contribution in [2.24, 2.45) is 4.99 Å². The molecule has 1 aromatic heterocycles. The number of guanidine groups is 1. The Hall–Kier alpha value is -1.90. The van der Waals surface area contributed by atoms with Crippen LogP contribution in [0.1, 0.15) is 18.9 Å². The van der Waals surface area contributed by atoms with E-state index in [1.54, 1.807) is 7.11 Å². The van der Waals surface area contributed by atoms with E-state index >= 15 is 0 Å². The SMILES string of the molecule is CCNC(=NCc1cccnc1N1CCOCC1)NCCN(C)CCCOC. The molecule has 0 spiro atoms. The van der Waals surface area contributed by atoms with Gasteiger partial charge in [0.1, 0.15) is 5.82 Å². The summed E-state index contributed by atoms with van der Waals surface area (Å²) in [7, 11) is 3.87. The molecular formula is C20H36N6O2. The van der Waals surface area contributed by atoms with Gasteiger partial charge >= 0.3 is 0 Å². The molecule has 1 aromatic rings. The molecule has 0 saturated carbocycles. The third-order valence-corrected chi connectivity index (χ3v) is 4.60. The summed E-state index contributed by atoms with van der Waals surface area (Å²) >= 11 is 0. The zero-order valence-electron chi connectivity index (χ0n) is 17.6. The smallest absolute Gasteiger partial charge is 0.191 e. The largest absolute Gasteiger partial charge is 0.385 e. The third-order valence-electron chi connectivity index (χ3n) is 4.60. The first-order chi connectivity index (χ1) is 13.7. The van der Waals surface area contributed by atoms with Crippen molar-refractivity contribution in [3.05, 3.63) is 23.9 Å². The minimum absolute atomic E-state index is 0.597. The molecule has 0 amide bonds. The van der Waals surface area contributed by atoms with Crippen molar-refractivity contribution in [2.75, 3.05) is 78.1 Å². The van der Waals surface area contributed by atoms with Crippen molar-refractivity contribution in [2.45, 2.75) is 19.9 Å². The molecule has 1 saturated heterocycles. The molecular weight excluding hydrogens is 356 g/mol. The van der Waals surface area contributed by atoms with Gasteiger partial charge in [0.15, 0.2) is 5.96 Å². The van der Waals surface area contributed by atoms with E-state index in [1.165, 1.54) is 0 Å². The summed E-state index contributed by atoms with van der Waals surface area (Å²) in [6.45, 7) is 10.4. The average molecular weight is 393 g/mol. The van der Waals surface area contributed by atoms with Crippen molar-refractivity contribution >= 4 is 11.8 Å². The highest BCUT2D eigenvalue weighted by molar-refractivity contribution is 5.79. The average Bonchev–Trinajstić information content (AvgIpc) is 2.73. The van der Waals surface area contributed by atoms with Gasteiger partial charge in [-0.25, -0.2) is 9.98 Å². The number of nitrogens with one attached hydrogen (secondary N) is 2. The summed E-state index contributed by atoms with van der Waals surface area (Å²) in [5.41, 5.74) is 1.14. The summed E-state index contributed by atoms with van der Waals surface area (Å²) in [5.74, 6) is 1.85. The van der Waals surface area contributed by atoms with Gasteiger partial charge in [0, 0.05) is 64.7 Å². The quantitative estimate of drug-likeness (QED) is 0.330. The van der Waals surface area contributed by atoms with E-state index in [9.17, 15) is 0 Å². The summed E-state index contributed by atoms with van der Waals surface area (Å²) in [4.78, 5) is 13.9. The molecule has 2 rings (SSSR count). The van der Waals surface area contributed by atoms with Crippen LogP contribution in [0, 0.1) is 0 Å². The van der Waals surface area contributed by atoms with Crippen LogP contribution in [-0.2, 0) is 16.0 Å². The molecule has 1 aliphatic rings. The van der Waals surface area contributed by atoms with E-state index in [2.05, 4.69) is 45.5 Å². The number of nitrogens with zero attached hydrogens (tertiary/aromatic N) is 4. The lowest BCUT2D eigenvalue weighted by molar-refractivity contribution is 0.122. The van der Waals surface area contributed by atoms with Crippen LogP contribution in [0.5, 0.6) is 0 Å². The second kappa shape index (κ2) is 13.3. The Labute approximate surface area is 169 Å². The summed E-state index contributed by atoms with van der Waals surface area (Å²) in [5, 5.41) is 6.75. The zero-order chi connectivity index (χ0) is 20.0. The molecule has 8 heteroatoms. The topological polar surface area (TPSA) is 74.2 Å². The minimum atomic E-state index is 0.597. The van der Waals surface area contributed by atoms with Crippen LogP contribution in [0.4, 0.5) is 5.82 Å². The van der Waals surface area contributed by atoms with Crippen molar-refractivity contribution < 1.29 is 9.47 Å². The van der Waals surface area contributed by atoms with Crippen LogP contribution in [0.3, 0.4) is 0 Å². The number of rotatable bonds is 11. The van der Waals surface area contributed by atoms with Crippen LogP contribution in [0.15, 0.2) is 23.3 Å². The predicted octanol–water partition coefficient (Wildman–Crippen LogP) is 0.942. The third kappa shape index (κ3) is 8.00. The van der Waals surface area contributed by atoms with Crippen LogP contribution >= 0.6 is 0 Å². The van der Waals surface area contributed by atoms with E-state index in [4.69, 9.17) is 14.5 Å². The highest BCUT2D eigenvalue weighted by Gasteiger charge is 2.15. The van der Waals surface area contributed by atoms with Crippen molar-refractivity contribution in [1.82, 2.24) is 20.5 Å². The van der Waals surface area contributed by atoms with E-state index in [1.807, 2.05) is 12.3 Å². The molecule has 0 aromatic carbocycles. The first kappa shape index (κ1) is 22.4. The number of methoxy groups -OCH3 is 1. The van der Waals surface area contributed by atoms with Crippen molar-refractivity contribution in [1.29, 1.82) is 0 Å². The molecule has 2 N–H and O–H groups in total. The van der Waals surface area contributed by atoms with Gasteiger partial charge in [-0.05, 0) is 26.5 Å². The molecule has 0 bridgehead atoms. The van der Waals surface area contributed by atoms with Gasteiger partial charge in [-0.3, -0.25) is 0 Å². The van der Waals surface area contributed by atoms with Gasteiger partial charge in [0.25, 0.3) is 0 Å². The van der Waals surface area contributed by atoms with E-state index in [0.29, 0.717) is 6.54 Å². The number of pyridine rings is 1. The lowest BCUT2D eigenvalue weighted by Crippen LogP contribution is -2.41. The van der Waals surface area contributed by atoms with Gasteiger partial charge in [0.2, 0.25) is 0 Å². The fourth-order valence-electron chi connectivity index (χ4n) is 3.08. The van der Waals surface area contributed by atoms with Crippen LogP contribution in [0.25, 0.3) is 0 Å². The van der Waals surface area contributed by atoms with E-state index in [0.717, 1.165) is 82.9 Å². The van der Waals surface area contributed by atoms with Gasteiger partial charge in [-0.1, -0.05) is 6.07 Å². The molecule has 1 fully saturated rings. The second-order valence-corrected chi connectivity index (χ2v) is 6.86. The zero-order valence-corrected chi connectivity index (χ0v) is 17.6. The number of morpholine rings is 1. The Kier molecular flexibility index (Phi) is 10.6. The highest BCUT2D eigenvalue weighted by atomic mass is 16.5. The maximum Gasteiger partial charge on any atom is 0.191 e. The highest BCUT2D eigenvalue weighted by Crippen LogP contribution is 2.19. The summed E-state index contributed by atoms with van der Waals surface area (Å²) < 4.78 is 10.6. The number of aromatic nitrogens is 1. The number of hydrogen-bond acceptors (Lipinski definition) is 6. The lowest BCUT2D eigenvalue weighted by atomic mass is 10.2. The molecule has 0 aliphatic carbocycles. The van der Waals surface area contributed by atoms with Gasteiger partial charge in [0.05, 0.1) is 19.8 Å². The number of hydrogen-bond donors (Lipinski definition) is 2. The monoisotopic (exact) mass is 392 g/mol. The first-order valence-corrected chi connectivity index (χ1v) is 10.2. The molecule has 0 atom stereocenters. The predicted molar refractivity (Wildman–Crippen MR) is 114 cm³/mol. The normalized spacial score (nSPS) is 15.1. The van der Waals surface area contributed by atoms with Crippen LogP contribution in [0.2, 0.25) is 0 Å². The van der Waals surface area contributed by atoms with Gasteiger partial charge in [-0.15, -0.1) is 0 Å². The number of ether oxygens (including phenoxy) is 2. The molecule has 28 heavy (non-hydrogen) atoms. The fraction of sp³-hybridized carbons (Fsp3) is 0.700. The molecule has 158 valence electrons. The molecule has 2 heterocycles. The van der Waals surface area contributed by atoms with Gasteiger partial charge < -0.3 is 29.9 Å². The lowest BCUT2D eigenvalue weighted by Gasteiger charge is -2.29. The Morgan fingerprint density at radius 3 is 2.89 bits per heavy atom. The summed E-state index contributed by atoms with van der Waals surface area (Å²) in [6, 6.07) is 4.08. The molecule has 1 aliphatic heterocycles. The molecule has 0 unspecified atom stereocenters. The first-order valence-electron chi connectivity index (χ1n) is 10.2. The van der Waals surface area contributed by atoms with Crippen LogP contribution in [-0.4, -0.2) is 89.1 Å². The van der Waals surface area contributed by atoms with Crippen LogP contribution < -0.4 is 15.5 Å². The minimum Gasteiger partial charge on any atom is -0.385 e. The van der Waals surface area contributed by atoms with E-state index < -0.39 is 0 Å². The van der Waals surface area contributed by atoms with Gasteiger partial charge in [-0.2, -0.15) is 0 Å². The Morgan fingerprint density at radius 2 is 2.14 bits per heavy atom. The summed E-state index contributed by atoms with van der Waals surface area (Å²) in [6.07, 6.45) is 2.90. The number of anilines is 1. The Balaban J connectivity index is 1.88. The van der Waals surface area contributed by atoms with Crippen molar-refractivity contribution in [3.8, 4) is 0 Å². The maximum absolute atomic E-state index is 5.46. The number of likely N-dealkylation sites (N-methyl/N-ethyl adjacent to an activating group) is 1. The molecule has 8 nitrogen and oxygen atoms in total.